The average molecular weight is 425 g/mol. The summed E-state index contributed by atoms with van der Waals surface area (Å²) in [5.74, 6) is -0.932. The molecule has 1 saturated heterocycles. The van der Waals surface area contributed by atoms with Gasteiger partial charge in [0.05, 0.1) is 22.9 Å². The van der Waals surface area contributed by atoms with E-state index >= 15 is 0 Å². The number of hydrogen-bond donors (Lipinski definition) is 1. The summed E-state index contributed by atoms with van der Waals surface area (Å²) in [5, 5.41) is 2.70. The first kappa shape index (κ1) is 20.5. The van der Waals surface area contributed by atoms with Crippen molar-refractivity contribution in [2.75, 3.05) is 24.6 Å². The summed E-state index contributed by atoms with van der Waals surface area (Å²) in [6.07, 6.45) is 0.403. The average Bonchev–Trinajstić information content (AvgIpc) is 3.26. The van der Waals surface area contributed by atoms with Gasteiger partial charge in [0.2, 0.25) is 5.91 Å². The topological polar surface area (TPSA) is 83.6 Å². The largest absolute Gasteiger partial charge is 0.351 e. The van der Waals surface area contributed by atoms with Gasteiger partial charge in [0.25, 0.3) is 5.91 Å². The zero-order chi connectivity index (χ0) is 20.3. The van der Waals surface area contributed by atoms with Gasteiger partial charge >= 0.3 is 0 Å². The third-order valence-corrected chi connectivity index (χ3v) is 7.44. The molecular weight excluding hydrogens is 403 g/mol. The lowest BCUT2D eigenvalue weighted by Crippen LogP contribution is -2.44. The van der Waals surface area contributed by atoms with Gasteiger partial charge in [-0.1, -0.05) is 12.1 Å². The summed E-state index contributed by atoms with van der Waals surface area (Å²) in [6, 6.07) is 9.12. The molecule has 2 heterocycles. The van der Waals surface area contributed by atoms with Crippen LogP contribution in [0.25, 0.3) is 10.4 Å². The highest BCUT2D eigenvalue weighted by atomic mass is 32.2. The summed E-state index contributed by atoms with van der Waals surface area (Å²) in [7, 11) is -3.08. The van der Waals surface area contributed by atoms with Crippen LogP contribution in [0.3, 0.4) is 0 Å². The Bertz CT molecular complexity index is 970. The third-order valence-electron chi connectivity index (χ3n) is 4.55. The zero-order valence-electron chi connectivity index (χ0n) is 15.4. The number of likely N-dealkylation sites (N-methyl/N-ethyl adjacent to an activating group) is 1. The normalized spacial score (nSPS) is 18.0. The van der Waals surface area contributed by atoms with Crippen molar-refractivity contribution in [1.82, 2.24) is 10.2 Å². The molecule has 1 N–H and O–H groups in total. The van der Waals surface area contributed by atoms with Crippen molar-refractivity contribution in [1.29, 1.82) is 0 Å². The monoisotopic (exact) mass is 424 g/mol. The molecule has 1 aromatic heterocycles. The summed E-state index contributed by atoms with van der Waals surface area (Å²) < 4.78 is 36.1. The molecule has 0 bridgehead atoms. The van der Waals surface area contributed by atoms with Crippen molar-refractivity contribution in [2.24, 2.45) is 0 Å². The molecule has 3 rings (SSSR count). The standard InChI is InChI=1S/C19H21FN2O4S2/c1-2-22(11-18(23)21-15-9-10-28(25,26)12-15)19(24)17-8-7-16(27-17)13-3-5-14(20)6-4-13/h3-8,15H,2,9-12H2,1H3,(H,21,23)/t15-/m1/s1. The molecule has 0 aliphatic carbocycles. The molecule has 2 aromatic rings. The van der Waals surface area contributed by atoms with Gasteiger partial charge in [-0.2, -0.15) is 0 Å². The Morgan fingerprint density at radius 1 is 1.21 bits per heavy atom. The predicted molar refractivity (Wildman–Crippen MR) is 106 cm³/mol. The Kier molecular flexibility index (Phi) is 6.14. The molecule has 2 amide bonds. The number of sulfone groups is 1. The number of nitrogens with zero attached hydrogens (tertiary/aromatic N) is 1. The maximum atomic E-state index is 13.1. The van der Waals surface area contributed by atoms with Crippen LogP contribution in [0.1, 0.15) is 23.0 Å². The highest BCUT2D eigenvalue weighted by Gasteiger charge is 2.29. The van der Waals surface area contributed by atoms with E-state index in [1.54, 1.807) is 31.2 Å². The molecule has 1 aliphatic rings. The van der Waals surface area contributed by atoms with Crippen molar-refractivity contribution in [3.63, 3.8) is 0 Å². The molecule has 6 nitrogen and oxygen atoms in total. The molecule has 1 fully saturated rings. The smallest absolute Gasteiger partial charge is 0.264 e. The van der Waals surface area contributed by atoms with Crippen molar-refractivity contribution >= 4 is 33.0 Å². The molecule has 0 radical (unpaired) electrons. The highest BCUT2D eigenvalue weighted by Crippen LogP contribution is 2.29. The van der Waals surface area contributed by atoms with Crippen molar-refractivity contribution in [3.05, 3.63) is 47.1 Å². The second-order valence-electron chi connectivity index (χ2n) is 6.66. The molecule has 0 saturated carbocycles. The number of halogens is 1. The van der Waals surface area contributed by atoms with E-state index in [4.69, 9.17) is 0 Å². The lowest BCUT2D eigenvalue weighted by Gasteiger charge is -2.21. The van der Waals surface area contributed by atoms with Gasteiger partial charge in [-0.3, -0.25) is 9.59 Å². The fourth-order valence-corrected chi connectivity index (χ4v) is 5.71. The molecule has 0 spiro atoms. The molecule has 28 heavy (non-hydrogen) atoms. The zero-order valence-corrected chi connectivity index (χ0v) is 17.0. The van der Waals surface area contributed by atoms with E-state index in [-0.39, 0.29) is 35.7 Å². The van der Waals surface area contributed by atoms with E-state index in [2.05, 4.69) is 5.32 Å². The fourth-order valence-electron chi connectivity index (χ4n) is 3.06. The highest BCUT2D eigenvalue weighted by molar-refractivity contribution is 7.91. The summed E-state index contributed by atoms with van der Waals surface area (Å²) in [6.45, 7) is 1.99. The molecule has 1 atom stereocenters. The van der Waals surface area contributed by atoms with Crippen LogP contribution in [0, 0.1) is 5.82 Å². The quantitative estimate of drug-likeness (QED) is 0.771. The number of hydrogen-bond acceptors (Lipinski definition) is 5. The molecule has 0 unspecified atom stereocenters. The predicted octanol–water partition coefficient (Wildman–Crippen LogP) is 2.32. The van der Waals surface area contributed by atoms with Gasteiger partial charge in [0.15, 0.2) is 9.84 Å². The van der Waals surface area contributed by atoms with Gasteiger partial charge in [0, 0.05) is 17.5 Å². The Morgan fingerprint density at radius 2 is 1.93 bits per heavy atom. The number of carbonyl (C=O) groups is 2. The van der Waals surface area contributed by atoms with Crippen LogP contribution in [-0.2, 0) is 14.6 Å². The maximum absolute atomic E-state index is 13.1. The molecule has 1 aromatic carbocycles. The van der Waals surface area contributed by atoms with Gasteiger partial charge in [-0.25, -0.2) is 12.8 Å². The van der Waals surface area contributed by atoms with Crippen LogP contribution >= 0.6 is 11.3 Å². The van der Waals surface area contributed by atoms with Gasteiger partial charge < -0.3 is 10.2 Å². The van der Waals surface area contributed by atoms with Crippen molar-refractivity contribution in [2.45, 2.75) is 19.4 Å². The second-order valence-corrected chi connectivity index (χ2v) is 9.97. The van der Waals surface area contributed by atoms with Gasteiger partial charge in [0.1, 0.15) is 5.82 Å². The number of benzene rings is 1. The van der Waals surface area contributed by atoms with E-state index in [1.807, 2.05) is 0 Å². The van der Waals surface area contributed by atoms with E-state index in [1.165, 1.54) is 28.4 Å². The van der Waals surface area contributed by atoms with Crippen molar-refractivity contribution in [3.8, 4) is 10.4 Å². The fraction of sp³-hybridized carbons (Fsp3) is 0.368. The van der Waals surface area contributed by atoms with Crippen LogP contribution < -0.4 is 5.32 Å². The van der Waals surface area contributed by atoms with Crippen LogP contribution in [0.15, 0.2) is 36.4 Å². The first-order chi connectivity index (χ1) is 13.3. The Hall–Kier alpha value is -2.26. The van der Waals surface area contributed by atoms with E-state index in [0.717, 1.165) is 10.4 Å². The molecule has 9 heteroatoms. The number of rotatable bonds is 6. The number of amides is 2. The first-order valence-corrected chi connectivity index (χ1v) is 11.6. The Morgan fingerprint density at radius 3 is 2.54 bits per heavy atom. The first-order valence-electron chi connectivity index (χ1n) is 8.92. The van der Waals surface area contributed by atoms with Crippen LogP contribution in [0.2, 0.25) is 0 Å². The van der Waals surface area contributed by atoms with Crippen LogP contribution in [0.5, 0.6) is 0 Å². The second kappa shape index (κ2) is 8.40. The van der Waals surface area contributed by atoms with Gasteiger partial charge in [-0.05, 0) is 43.2 Å². The van der Waals surface area contributed by atoms with Crippen LogP contribution in [0.4, 0.5) is 4.39 Å². The minimum atomic E-state index is -3.08. The molecule has 150 valence electrons. The third kappa shape index (κ3) is 4.96. The lowest BCUT2D eigenvalue weighted by atomic mass is 10.2. The van der Waals surface area contributed by atoms with Gasteiger partial charge in [-0.15, -0.1) is 11.3 Å². The van der Waals surface area contributed by atoms with E-state index in [9.17, 15) is 22.4 Å². The van der Waals surface area contributed by atoms with E-state index < -0.39 is 15.9 Å². The molecular formula is C19H21FN2O4S2. The summed E-state index contributed by atoms with van der Waals surface area (Å²) in [4.78, 5) is 27.7. The Balaban J connectivity index is 1.63. The van der Waals surface area contributed by atoms with E-state index in [0.29, 0.717) is 17.8 Å². The maximum Gasteiger partial charge on any atom is 0.264 e. The van der Waals surface area contributed by atoms with Crippen LogP contribution in [-0.4, -0.2) is 55.8 Å². The summed E-state index contributed by atoms with van der Waals surface area (Å²) >= 11 is 1.28. The van der Waals surface area contributed by atoms with Crippen molar-refractivity contribution < 1.29 is 22.4 Å². The minimum Gasteiger partial charge on any atom is -0.351 e. The number of nitrogens with one attached hydrogen (secondary N) is 1. The SMILES string of the molecule is CCN(CC(=O)N[C@@H]1CCS(=O)(=O)C1)C(=O)c1ccc(-c2ccc(F)cc2)s1. The number of thiophene rings is 1. The summed E-state index contributed by atoms with van der Waals surface area (Å²) in [5.41, 5.74) is 0.814. The number of carbonyl (C=O) groups excluding carboxylic acids is 2. The Labute approximate surface area is 167 Å². The lowest BCUT2D eigenvalue weighted by molar-refractivity contribution is -0.122. The molecule has 1 aliphatic heterocycles. The minimum absolute atomic E-state index is 0.0508.